The minimum atomic E-state index is 0.838. The fourth-order valence-corrected chi connectivity index (χ4v) is 2.64. The summed E-state index contributed by atoms with van der Waals surface area (Å²) in [6.45, 7) is 3.02. The third-order valence-electron chi connectivity index (χ3n) is 3.77. The van der Waals surface area contributed by atoms with Crippen molar-refractivity contribution in [2.24, 2.45) is 0 Å². The lowest BCUT2D eigenvalue weighted by Crippen LogP contribution is -2.01. The van der Waals surface area contributed by atoms with E-state index in [9.17, 15) is 0 Å². The smallest absolute Gasteiger partial charge is 0.123 e. The number of hydrogen-bond acceptors (Lipinski definition) is 1. The van der Waals surface area contributed by atoms with Crippen molar-refractivity contribution >= 4 is 10.9 Å². The normalized spacial score (nSPS) is 10.9. The van der Waals surface area contributed by atoms with Gasteiger partial charge in [-0.05, 0) is 35.6 Å². The van der Waals surface area contributed by atoms with E-state index in [1.807, 2.05) is 0 Å². The Bertz CT molecular complexity index is 727. The number of aryl methyl sites for hydroxylation is 1. The molecule has 2 nitrogen and oxygen atoms in total. The number of methoxy groups -OCH3 is 1. The maximum Gasteiger partial charge on any atom is 0.123 e. The molecule has 0 spiro atoms. The summed E-state index contributed by atoms with van der Waals surface area (Å²) in [5.74, 6) is 0.958. The lowest BCUT2D eigenvalue weighted by Gasteiger charge is -2.12. The minimum absolute atomic E-state index is 0.838. The first-order valence-corrected chi connectivity index (χ1v) is 7.01. The highest BCUT2D eigenvalue weighted by atomic mass is 16.5. The average molecular weight is 265 g/mol. The summed E-state index contributed by atoms with van der Waals surface area (Å²) in [5, 5.41) is 1.28. The van der Waals surface area contributed by atoms with Crippen LogP contribution >= 0.6 is 0 Å². The topological polar surface area (TPSA) is 14.2 Å². The summed E-state index contributed by atoms with van der Waals surface area (Å²) in [6.07, 6.45) is 3.19. The molecular formula is C18H19NO. The first-order chi connectivity index (χ1) is 9.81. The highest BCUT2D eigenvalue weighted by molar-refractivity contribution is 5.80. The van der Waals surface area contributed by atoms with Crippen LogP contribution in [0.3, 0.4) is 0 Å². The second kappa shape index (κ2) is 5.41. The zero-order valence-corrected chi connectivity index (χ0v) is 12.0. The van der Waals surface area contributed by atoms with Crippen molar-refractivity contribution < 1.29 is 4.74 Å². The van der Waals surface area contributed by atoms with E-state index >= 15 is 0 Å². The van der Waals surface area contributed by atoms with Crippen molar-refractivity contribution in [3.05, 3.63) is 65.9 Å². The molecule has 2 aromatic carbocycles. The molecule has 0 bridgehead atoms. The van der Waals surface area contributed by atoms with E-state index in [0.29, 0.717) is 0 Å². The first kappa shape index (κ1) is 12.8. The number of rotatable bonds is 4. The average Bonchev–Trinajstić information content (AvgIpc) is 2.90. The first-order valence-electron chi connectivity index (χ1n) is 7.01. The molecule has 0 radical (unpaired) electrons. The molecule has 0 saturated heterocycles. The summed E-state index contributed by atoms with van der Waals surface area (Å²) < 4.78 is 7.76. The van der Waals surface area contributed by atoms with Crippen molar-refractivity contribution in [2.75, 3.05) is 7.11 Å². The van der Waals surface area contributed by atoms with Gasteiger partial charge in [0.15, 0.2) is 0 Å². The summed E-state index contributed by atoms with van der Waals surface area (Å²) in [7, 11) is 1.73. The van der Waals surface area contributed by atoms with Crippen LogP contribution in [-0.4, -0.2) is 11.7 Å². The summed E-state index contributed by atoms with van der Waals surface area (Å²) in [5.41, 5.74) is 3.84. The van der Waals surface area contributed by atoms with Gasteiger partial charge in [-0.1, -0.05) is 37.3 Å². The summed E-state index contributed by atoms with van der Waals surface area (Å²) in [6, 6.07) is 17.1. The third-order valence-corrected chi connectivity index (χ3v) is 3.77. The highest BCUT2D eigenvalue weighted by Gasteiger charge is 2.07. The fraction of sp³-hybridized carbons (Fsp3) is 0.222. The van der Waals surface area contributed by atoms with Crippen LogP contribution in [0.2, 0.25) is 0 Å². The number of ether oxygens (including phenoxy) is 1. The van der Waals surface area contributed by atoms with Crippen LogP contribution in [0.15, 0.2) is 54.7 Å². The molecule has 2 heteroatoms. The number of hydrogen-bond donors (Lipinski definition) is 0. The van der Waals surface area contributed by atoms with E-state index in [0.717, 1.165) is 18.7 Å². The predicted molar refractivity (Wildman–Crippen MR) is 83.4 cm³/mol. The monoisotopic (exact) mass is 265 g/mol. The number of aromatic nitrogens is 1. The SMILES string of the molecule is CCc1ccc(OC)c(Cn2ccc3ccccc32)c1. The van der Waals surface area contributed by atoms with Crippen molar-refractivity contribution in [3.63, 3.8) is 0 Å². The number of nitrogens with zero attached hydrogens (tertiary/aromatic N) is 1. The molecule has 102 valence electrons. The van der Waals surface area contributed by atoms with Crippen LogP contribution in [-0.2, 0) is 13.0 Å². The molecule has 0 saturated carbocycles. The van der Waals surface area contributed by atoms with E-state index < -0.39 is 0 Å². The molecule has 0 N–H and O–H groups in total. The third kappa shape index (κ3) is 2.29. The maximum atomic E-state index is 5.49. The molecular weight excluding hydrogens is 246 g/mol. The lowest BCUT2D eigenvalue weighted by molar-refractivity contribution is 0.408. The minimum Gasteiger partial charge on any atom is -0.496 e. The van der Waals surface area contributed by atoms with E-state index in [2.05, 4.69) is 66.2 Å². The Hall–Kier alpha value is -2.22. The van der Waals surface area contributed by atoms with Crippen LogP contribution in [0.4, 0.5) is 0 Å². The molecule has 3 rings (SSSR count). The largest absolute Gasteiger partial charge is 0.496 e. The van der Waals surface area contributed by atoms with Crippen LogP contribution in [0.5, 0.6) is 5.75 Å². The van der Waals surface area contributed by atoms with Gasteiger partial charge in [0.05, 0.1) is 13.7 Å². The van der Waals surface area contributed by atoms with Gasteiger partial charge in [-0.15, -0.1) is 0 Å². The van der Waals surface area contributed by atoms with Gasteiger partial charge in [0.1, 0.15) is 5.75 Å². The summed E-state index contributed by atoms with van der Waals surface area (Å²) in [4.78, 5) is 0. The van der Waals surface area contributed by atoms with Crippen LogP contribution < -0.4 is 4.74 Å². The second-order valence-corrected chi connectivity index (χ2v) is 5.00. The van der Waals surface area contributed by atoms with Gasteiger partial charge in [-0.3, -0.25) is 0 Å². The molecule has 3 aromatic rings. The van der Waals surface area contributed by atoms with Gasteiger partial charge in [0, 0.05) is 17.3 Å². The molecule has 0 atom stereocenters. The number of benzene rings is 2. The molecule has 0 aliphatic heterocycles. The molecule has 0 aliphatic rings. The lowest BCUT2D eigenvalue weighted by atomic mass is 10.1. The Morgan fingerprint density at radius 3 is 2.70 bits per heavy atom. The van der Waals surface area contributed by atoms with Crippen molar-refractivity contribution in [1.82, 2.24) is 4.57 Å². The van der Waals surface area contributed by atoms with Gasteiger partial charge >= 0.3 is 0 Å². The molecule has 1 heterocycles. The molecule has 0 fully saturated rings. The maximum absolute atomic E-state index is 5.49. The van der Waals surface area contributed by atoms with Crippen molar-refractivity contribution in [3.8, 4) is 5.75 Å². The number of para-hydroxylation sites is 1. The van der Waals surface area contributed by atoms with E-state index in [-0.39, 0.29) is 0 Å². The molecule has 20 heavy (non-hydrogen) atoms. The second-order valence-electron chi connectivity index (χ2n) is 5.00. The summed E-state index contributed by atoms with van der Waals surface area (Å²) >= 11 is 0. The van der Waals surface area contributed by atoms with Crippen molar-refractivity contribution in [1.29, 1.82) is 0 Å². The van der Waals surface area contributed by atoms with Crippen LogP contribution in [0.25, 0.3) is 10.9 Å². The zero-order valence-electron chi connectivity index (χ0n) is 12.0. The van der Waals surface area contributed by atoms with E-state index in [1.54, 1.807) is 7.11 Å². The van der Waals surface area contributed by atoms with Gasteiger partial charge in [0.25, 0.3) is 0 Å². The Labute approximate surface area is 119 Å². The Balaban J connectivity index is 2.01. The predicted octanol–water partition coefficient (Wildman–Crippen LogP) is 4.26. The zero-order chi connectivity index (χ0) is 13.9. The van der Waals surface area contributed by atoms with E-state index in [4.69, 9.17) is 4.74 Å². The van der Waals surface area contributed by atoms with Crippen LogP contribution in [0.1, 0.15) is 18.1 Å². The molecule has 1 aromatic heterocycles. The van der Waals surface area contributed by atoms with E-state index in [1.165, 1.54) is 22.0 Å². The van der Waals surface area contributed by atoms with Gasteiger partial charge in [0.2, 0.25) is 0 Å². The Kier molecular flexibility index (Phi) is 3.46. The van der Waals surface area contributed by atoms with Gasteiger partial charge in [-0.2, -0.15) is 0 Å². The molecule has 0 unspecified atom stereocenters. The fourth-order valence-electron chi connectivity index (χ4n) is 2.64. The number of fused-ring (bicyclic) bond motifs is 1. The standard InChI is InChI=1S/C18H19NO/c1-3-14-8-9-18(20-2)16(12-14)13-19-11-10-15-6-4-5-7-17(15)19/h4-12H,3,13H2,1-2H3. The Morgan fingerprint density at radius 1 is 1.05 bits per heavy atom. The molecule has 0 amide bonds. The molecule has 0 aliphatic carbocycles. The van der Waals surface area contributed by atoms with Gasteiger partial charge < -0.3 is 9.30 Å². The quantitative estimate of drug-likeness (QED) is 0.687. The van der Waals surface area contributed by atoms with Gasteiger partial charge in [-0.25, -0.2) is 0 Å². The van der Waals surface area contributed by atoms with Crippen molar-refractivity contribution in [2.45, 2.75) is 19.9 Å². The highest BCUT2D eigenvalue weighted by Crippen LogP contribution is 2.24. The van der Waals surface area contributed by atoms with Crippen LogP contribution in [0, 0.1) is 0 Å². The Morgan fingerprint density at radius 2 is 1.90 bits per heavy atom.